The SMILES string of the molecule is CCCCCCCCCCCCCC(=O)NC(=S)N1CCNC(=O)C1CC(=O)OCCOc1ccccc1. The van der Waals surface area contributed by atoms with Crippen molar-refractivity contribution >= 4 is 35.1 Å². The number of ether oxygens (including phenoxy) is 2. The third kappa shape index (κ3) is 13.2. The minimum absolute atomic E-state index is 0.0716. The molecule has 1 atom stereocenters. The van der Waals surface area contributed by atoms with Gasteiger partial charge in [0.25, 0.3) is 0 Å². The highest BCUT2D eigenvalue weighted by molar-refractivity contribution is 7.80. The van der Waals surface area contributed by atoms with Gasteiger partial charge in [0.2, 0.25) is 11.8 Å². The van der Waals surface area contributed by atoms with Gasteiger partial charge in [0.05, 0.1) is 6.42 Å². The van der Waals surface area contributed by atoms with Crippen LogP contribution in [0.4, 0.5) is 0 Å². The predicted molar refractivity (Wildman–Crippen MR) is 153 cm³/mol. The molecule has 1 saturated heterocycles. The molecule has 0 bridgehead atoms. The molecule has 1 heterocycles. The predicted octanol–water partition coefficient (Wildman–Crippen LogP) is 4.90. The molecule has 1 unspecified atom stereocenters. The van der Waals surface area contributed by atoms with Crippen LogP contribution in [0.3, 0.4) is 0 Å². The number of hydrogen-bond donors (Lipinski definition) is 2. The van der Waals surface area contributed by atoms with Crippen molar-refractivity contribution in [3.63, 3.8) is 0 Å². The van der Waals surface area contributed by atoms with E-state index in [9.17, 15) is 14.4 Å². The second kappa shape index (κ2) is 19.4. The van der Waals surface area contributed by atoms with Crippen LogP contribution in [0.5, 0.6) is 5.75 Å². The van der Waals surface area contributed by atoms with Crippen molar-refractivity contribution in [3.8, 4) is 5.75 Å². The van der Waals surface area contributed by atoms with Crippen molar-refractivity contribution in [1.82, 2.24) is 15.5 Å². The summed E-state index contributed by atoms with van der Waals surface area (Å²) in [6, 6.07) is 8.42. The molecular formula is C29H45N3O5S. The quantitative estimate of drug-likeness (QED) is 0.153. The molecule has 1 fully saturated rings. The summed E-state index contributed by atoms with van der Waals surface area (Å²) in [5.74, 6) is -0.300. The number of hydrogen-bond acceptors (Lipinski definition) is 6. The fraction of sp³-hybridized carbons (Fsp3) is 0.655. The summed E-state index contributed by atoms with van der Waals surface area (Å²) in [6.45, 7) is 3.33. The molecule has 0 radical (unpaired) electrons. The van der Waals surface area contributed by atoms with Crippen LogP contribution in [-0.4, -0.2) is 60.1 Å². The number of nitrogens with zero attached hydrogens (tertiary/aromatic N) is 1. The number of thiocarbonyl (C=S) groups is 1. The highest BCUT2D eigenvalue weighted by Crippen LogP contribution is 2.14. The average molecular weight is 548 g/mol. The first-order valence-electron chi connectivity index (χ1n) is 14.2. The number of nitrogens with one attached hydrogen (secondary N) is 2. The van der Waals surface area contributed by atoms with E-state index < -0.39 is 12.0 Å². The Kier molecular flexibility index (Phi) is 16.1. The van der Waals surface area contributed by atoms with Crippen LogP contribution in [0.25, 0.3) is 0 Å². The second-order valence-corrected chi connectivity index (χ2v) is 10.1. The van der Waals surface area contributed by atoms with E-state index in [0.29, 0.717) is 25.3 Å². The first-order chi connectivity index (χ1) is 18.5. The van der Waals surface area contributed by atoms with Gasteiger partial charge in [-0.3, -0.25) is 14.4 Å². The number of carbonyl (C=O) groups excluding carboxylic acids is 3. The van der Waals surface area contributed by atoms with Crippen molar-refractivity contribution in [1.29, 1.82) is 0 Å². The van der Waals surface area contributed by atoms with E-state index >= 15 is 0 Å². The Labute approximate surface area is 233 Å². The topological polar surface area (TPSA) is 97.0 Å². The zero-order valence-electron chi connectivity index (χ0n) is 22.9. The number of esters is 1. The van der Waals surface area contributed by atoms with E-state index in [1.165, 1.54) is 51.4 Å². The maximum atomic E-state index is 12.5. The second-order valence-electron chi connectivity index (χ2n) is 9.73. The summed E-state index contributed by atoms with van der Waals surface area (Å²) in [4.78, 5) is 38.9. The van der Waals surface area contributed by atoms with Gasteiger partial charge in [0.15, 0.2) is 5.11 Å². The van der Waals surface area contributed by atoms with Crippen molar-refractivity contribution in [3.05, 3.63) is 30.3 Å². The summed E-state index contributed by atoms with van der Waals surface area (Å²) >= 11 is 5.42. The first-order valence-corrected chi connectivity index (χ1v) is 14.6. The molecule has 1 aromatic carbocycles. The lowest BCUT2D eigenvalue weighted by atomic mass is 10.1. The summed E-state index contributed by atoms with van der Waals surface area (Å²) < 4.78 is 10.8. The molecule has 0 spiro atoms. The third-order valence-corrected chi connectivity index (χ3v) is 6.90. The number of unbranched alkanes of at least 4 members (excludes halogenated alkanes) is 10. The Balaban J connectivity index is 1.62. The third-order valence-electron chi connectivity index (χ3n) is 6.56. The van der Waals surface area contributed by atoms with Gasteiger partial charge in [-0.25, -0.2) is 0 Å². The van der Waals surface area contributed by atoms with Crippen LogP contribution < -0.4 is 15.4 Å². The fourth-order valence-electron chi connectivity index (χ4n) is 4.41. The van der Waals surface area contributed by atoms with Crippen LogP contribution >= 0.6 is 12.2 Å². The zero-order valence-corrected chi connectivity index (χ0v) is 23.7. The number of piperazine rings is 1. The molecule has 8 nitrogen and oxygen atoms in total. The van der Waals surface area contributed by atoms with Gasteiger partial charge in [-0.05, 0) is 30.8 Å². The molecule has 9 heteroatoms. The molecule has 0 aliphatic carbocycles. The Hall–Kier alpha value is -2.68. The lowest BCUT2D eigenvalue weighted by Crippen LogP contribution is -2.60. The Morgan fingerprint density at radius 1 is 0.974 bits per heavy atom. The van der Waals surface area contributed by atoms with E-state index in [1.807, 2.05) is 30.3 Å². The summed E-state index contributed by atoms with van der Waals surface area (Å²) in [5, 5.41) is 5.68. The molecule has 1 aliphatic heterocycles. The lowest BCUT2D eigenvalue weighted by Gasteiger charge is -2.36. The van der Waals surface area contributed by atoms with Crippen molar-refractivity contribution in [2.24, 2.45) is 0 Å². The number of rotatable bonds is 18. The number of carbonyl (C=O) groups is 3. The monoisotopic (exact) mass is 547 g/mol. The number of benzene rings is 1. The molecule has 1 aliphatic rings. The van der Waals surface area contributed by atoms with Gasteiger partial charge >= 0.3 is 5.97 Å². The van der Waals surface area contributed by atoms with Crippen LogP contribution in [0.1, 0.15) is 90.4 Å². The minimum Gasteiger partial charge on any atom is -0.490 e. The Morgan fingerprint density at radius 2 is 1.61 bits per heavy atom. The highest BCUT2D eigenvalue weighted by atomic mass is 32.1. The minimum atomic E-state index is -0.818. The molecule has 38 heavy (non-hydrogen) atoms. The maximum absolute atomic E-state index is 12.5. The Bertz CT molecular complexity index is 852. The van der Waals surface area contributed by atoms with Gasteiger partial charge in [0.1, 0.15) is 25.0 Å². The van der Waals surface area contributed by atoms with Gasteiger partial charge in [-0.2, -0.15) is 0 Å². The molecule has 2 rings (SSSR count). The van der Waals surface area contributed by atoms with Crippen molar-refractivity contribution in [2.75, 3.05) is 26.3 Å². The highest BCUT2D eigenvalue weighted by Gasteiger charge is 2.34. The summed E-state index contributed by atoms with van der Waals surface area (Å²) in [7, 11) is 0. The van der Waals surface area contributed by atoms with E-state index in [0.717, 1.165) is 19.3 Å². The molecule has 2 amide bonds. The summed E-state index contributed by atoms with van der Waals surface area (Å²) in [5.41, 5.74) is 0. The van der Waals surface area contributed by atoms with Crippen LogP contribution in [-0.2, 0) is 19.1 Å². The number of amides is 2. The molecule has 0 aromatic heterocycles. The average Bonchev–Trinajstić information content (AvgIpc) is 2.91. The molecule has 2 N–H and O–H groups in total. The molecular weight excluding hydrogens is 502 g/mol. The summed E-state index contributed by atoms with van der Waals surface area (Å²) in [6.07, 6.45) is 13.6. The van der Waals surface area contributed by atoms with Gasteiger partial charge in [-0.1, -0.05) is 89.3 Å². The fourth-order valence-corrected chi connectivity index (χ4v) is 4.74. The molecule has 0 saturated carbocycles. The smallest absolute Gasteiger partial charge is 0.308 e. The van der Waals surface area contributed by atoms with Gasteiger partial charge < -0.3 is 25.0 Å². The zero-order chi connectivity index (χ0) is 27.4. The van der Waals surface area contributed by atoms with Crippen LogP contribution in [0.15, 0.2) is 30.3 Å². The van der Waals surface area contributed by atoms with E-state index in [-0.39, 0.29) is 36.6 Å². The van der Waals surface area contributed by atoms with E-state index in [2.05, 4.69) is 17.6 Å². The van der Waals surface area contributed by atoms with Crippen molar-refractivity contribution in [2.45, 2.75) is 96.4 Å². The van der Waals surface area contributed by atoms with Crippen LogP contribution in [0.2, 0.25) is 0 Å². The van der Waals surface area contributed by atoms with Crippen LogP contribution in [0, 0.1) is 0 Å². The van der Waals surface area contributed by atoms with Crippen molar-refractivity contribution < 1.29 is 23.9 Å². The molecule has 212 valence electrons. The van der Waals surface area contributed by atoms with E-state index in [1.54, 1.807) is 4.90 Å². The molecule has 1 aromatic rings. The standard InChI is InChI=1S/C29H45N3O5S/c1-2-3-4-5-6-7-8-9-10-11-15-18-26(33)31-29(38)32-20-19-30-28(35)25(32)23-27(34)37-22-21-36-24-16-13-12-14-17-24/h12-14,16-17,25H,2-11,15,18-23H2,1H3,(H,30,35)(H,31,33,38). The largest absolute Gasteiger partial charge is 0.490 e. The van der Waals surface area contributed by atoms with Gasteiger partial charge in [-0.15, -0.1) is 0 Å². The number of para-hydroxylation sites is 1. The van der Waals surface area contributed by atoms with Gasteiger partial charge in [0, 0.05) is 19.5 Å². The Morgan fingerprint density at radius 3 is 2.26 bits per heavy atom. The first kappa shape index (κ1) is 31.5. The van der Waals surface area contributed by atoms with E-state index in [4.69, 9.17) is 21.7 Å². The lowest BCUT2D eigenvalue weighted by molar-refractivity contribution is -0.148. The normalized spacial score (nSPS) is 15.0. The maximum Gasteiger partial charge on any atom is 0.308 e.